The molecule has 7 nitrogen and oxygen atoms in total. The van der Waals surface area contributed by atoms with Crippen LogP contribution in [-0.2, 0) is 4.74 Å². The van der Waals surface area contributed by atoms with Crippen molar-refractivity contribution in [1.29, 1.82) is 0 Å². The van der Waals surface area contributed by atoms with E-state index >= 15 is 0 Å². The van der Waals surface area contributed by atoms with Crippen LogP contribution >= 0.6 is 0 Å². The zero-order valence-corrected chi connectivity index (χ0v) is 19.9. The van der Waals surface area contributed by atoms with Crippen molar-refractivity contribution in [3.63, 3.8) is 0 Å². The topological polar surface area (TPSA) is 69.0 Å². The number of rotatable bonds is 4. The molecule has 2 atom stereocenters. The van der Waals surface area contributed by atoms with E-state index in [0.717, 1.165) is 23.0 Å². The molecule has 6 rings (SSSR count). The summed E-state index contributed by atoms with van der Waals surface area (Å²) in [6, 6.07) is 5.90. The van der Waals surface area contributed by atoms with Crippen LogP contribution in [0.15, 0.2) is 36.7 Å². The summed E-state index contributed by atoms with van der Waals surface area (Å²) >= 11 is 0. The molecular weight excluding hydrogens is 450 g/mol. The summed E-state index contributed by atoms with van der Waals surface area (Å²) in [5.41, 5.74) is 4.22. The minimum absolute atomic E-state index is 0.0487. The molecular formula is C26H26F2N6O. The van der Waals surface area contributed by atoms with E-state index in [0.29, 0.717) is 41.7 Å². The normalized spacial score (nSPS) is 20.5. The molecule has 0 spiro atoms. The predicted octanol–water partition coefficient (Wildman–Crippen LogP) is 5.08. The summed E-state index contributed by atoms with van der Waals surface area (Å²) in [7, 11) is 0. The van der Waals surface area contributed by atoms with Crippen molar-refractivity contribution in [2.24, 2.45) is 0 Å². The smallest absolute Gasteiger partial charge is 0.135 e. The maximum Gasteiger partial charge on any atom is 0.135 e. The first-order chi connectivity index (χ1) is 16.9. The van der Waals surface area contributed by atoms with Crippen LogP contribution in [0.2, 0.25) is 0 Å². The average molecular weight is 477 g/mol. The number of fused-ring (bicyclic) bond motifs is 1. The van der Waals surface area contributed by atoms with E-state index in [1.807, 2.05) is 37.7 Å². The summed E-state index contributed by atoms with van der Waals surface area (Å²) in [6.07, 6.45) is 6.07. The molecule has 35 heavy (non-hydrogen) atoms. The molecule has 1 aromatic carbocycles. The Hall–Kier alpha value is -3.46. The van der Waals surface area contributed by atoms with Gasteiger partial charge in [0.05, 0.1) is 41.8 Å². The minimum Gasteiger partial charge on any atom is -0.367 e. The number of hydrogen-bond donors (Lipinski definition) is 0. The third-order valence-corrected chi connectivity index (χ3v) is 6.74. The van der Waals surface area contributed by atoms with Gasteiger partial charge in [0.25, 0.3) is 0 Å². The number of morpholine rings is 1. The number of aromatic nitrogens is 5. The Bertz CT molecular complexity index is 1430. The SMILES string of the molecule is Cc1nc2cc(N3C[C@@H](c4cnn(C5CC5)c4)O[C@@H](C)C3)nc(-c3ccc(F)cc3F)c2nc1C. The van der Waals surface area contributed by atoms with Crippen molar-refractivity contribution >= 4 is 16.9 Å². The predicted molar refractivity (Wildman–Crippen MR) is 128 cm³/mol. The molecule has 1 aliphatic heterocycles. The zero-order chi connectivity index (χ0) is 24.3. The standard InChI is InChI=1S/C26H26F2N6O/c1-14-11-33(13-23(35-14)17-10-29-34(12-17)19-5-6-19)24-9-22-26(31-16(3)15(2)30-22)25(32-24)20-7-4-18(27)8-21(20)28/h4,7-10,12,14,19,23H,5-6,11,13H2,1-3H3/t14-,23-/m0/s1. The zero-order valence-electron chi connectivity index (χ0n) is 19.9. The molecule has 1 saturated carbocycles. The van der Waals surface area contributed by atoms with Gasteiger partial charge in [0.2, 0.25) is 0 Å². The highest BCUT2D eigenvalue weighted by Crippen LogP contribution is 2.37. The van der Waals surface area contributed by atoms with Gasteiger partial charge in [-0.15, -0.1) is 0 Å². The van der Waals surface area contributed by atoms with Crippen LogP contribution in [0.25, 0.3) is 22.3 Å². The van der Waals surface area contributed by atoms with Gasteiger partial charge in [-0.1, -0.05) is 0 Å². The monoisotopic (exact) mass is 476 g/mol. The second kappa shape index (κ2) is 8.34. The molecule has 0 unspecified atom stereocenters. The number of nitrogens with zero attached hydrogens (tertiary/aromatic N) is 6. The Kier molecular flexibility index (Phi) is 5.25. The molecule has 1 aliphatic carbocycles. The van der Waals surface area contributed by atoms with Crippen molar-refractivity contribution in [2.45, 2.75) is 51.9 Å². The van der Waals surface area contributed by atoms with Gasteiger partial charge in [0, 0.05) is 36.0 Å². The number of ether oxygens (including phenoxy) is 1. The van der Waals surface area contributed by atoms with Gasteiger partial charge < -0.3 is 9.64 Å². The quantitative estimate of drug-likeness (QED) is 0.409. The second-order valence-electron chi connectivity index (χ2n) is 9.54. The first-order valence-electron chi connectivity index (χ1n) is 11.9. The van der Waals surface area contributed by atoms with Crippen molar-refractivity contribution in [2.75, 3.05) is 18.0 Å². The number of halogens is 2. The van der Waals surface area contributed by atoms with Crippen LogP contribution in [0.3, 0.4) is 0 Å². The number of anilines is 1. The lowest BCUT2D eigenvalue weighted by Crippen LogP contribution is -2.43. The van der Waals surface area contributed by atoms with Crippen LogP contribution in [0.5, 0.6) is 0 Å². The van der Waals surface area contributed by atoms with Crippen molar-refractivity contribution in [3.05, 3.63) is 65.2 Å². The molecule has 2 fully saturated rings. The molecule has 3 aromatic heterocycles. The van der Waals surface area contributed by atoms with Crippen molar-refractivity contribution in [1.82, 2.24) is 24.7 Å². The van der Waals surface area contributed by atoms with Gasteiger partial charge in [0.1, 0.15) is 34.8 Å². The first-order valence-corrected chi connectivity index (χ1v) is 11.9. The van der Waals surface area contributed by atoms with Crippen LogP contribution in [0.4, 0.5) is 14.6 Å². The van der Waals surface area contributed by atoms with Gasteiger partial charge in [-0.3, -0.25) is 4.68 Å². The summed E-state index contributed by atoms with van der Waals surface area (Å²) in [5, 5.41) is 4.52. The van der Waals surface area contributed by atoms with Crippen LogP contribution in [-0.4, -0.2) is 43.9 Å². The van der Waals surface area contributed by atoms with E-state index in [4.69, 9.17) is 14.7 Å². The van der Waals surface area contributed by atoms with E-state index in [1.165, 1.54) is 25.0 Å². The van der Waals surface area contributed by atoms with Gasteiger partial charge in [0.15, 0.2) is 0 Å². The Morgan fingerprint density at radius 2 is 1.80 bits per heavy atom. The van der Waals surface area contributed by atoms with Crippen molar-refractivity contribution < 1.29 is 13.5 Å². The fourth-order valence-electron chi connectivity index (χ4n) is 4.63. The number of hydrogen-bond acceptors (Lipinski definition) is 6. The third-order valence-electron chi connectivity index (χ3n) is 6.74. The van der Waals surface area contributed by atoms with Crippen LogP contribution < -0.4 is 4.90 Å². The maximum atomic E-state index is 14.9. The van der Waals surface area contributed by atoms with Crippen LogP contribution in [0, 0.1) is 25.5 Å². The Balaban J connectivity index is 1.43. The Morgan fingerprint density at radius 1 is 1.00 bits per heavy atom. The number of pyridine rings is 1. The lowest BCUT2D eigenvalue weighted by atomic mass is 10.1. The lowest BCUT2D eigenvalue weighted by molar-refractivity contribution is -0.0176. The van der Waals surface area contributed by atoms with E-state index in [9.17, 15) is 8.78 Å². The van der Waals surface area contributed by atoms with E-state index < -0.39 is 11.6 Å². The summed E-state index contributed by atoms with van der Waals surface area (Å²) < 4.78 is 36.8. The molecule has 4 aromatic rings. The lowest BCUT2D eigenvalue weighted by Gasteiger charge is -2.37. The Labute approximate surface area is 201 Å². The van der Waals surface area contributed by atoms with Gasteiger partial charge in [-0.25, -0.2) is 23.7 Å². The molecule has 0 bridgehead atoms. The van der Waals surface area contributed by atoms with E-state index in [-0.39, 0.29) is 17.8 Å². The second-order valence-corrected chi connectivity index (χ2v) is 9.54. The maximum absolute atomic E-state index is 14.9. The fourth-order valence-corrected chi connectivity index (χ4v) is 4.63. The molecule has 1 saturated heterocycles. The molecule has 9 heteroatoms. The number of benzene rings is 1. The third kappa shape index (κ3) is 4.14. The molecule has 180 valence electrons. The molecule has 2 aliphatic rings. The average Bonchev–Trinajstić information content (AvgIpc) is 3.55. The highest BCUT2D eigenvalue weighted by atomic mass is 19.1. The van der Waals surface area contributed by atoms with E-state index in [1.54, 1.807) is 0 Å². The fraction of sp³-hybridized carbons (Fsp3) is 0.385. The Morgan fingerprint density at radius 3 is 2.57 bits per heavy atom. The highest BCUT2D eigenvalue weighted by Gasteiger charge is 2.31. The van der Waals surface area contributed by atoms with Gasteiger partial charge >= 0.3 is 0 Å². The minimum atomic E-state index is -0.684. The first kappa shape index (κ1) is 22.0. The molecule has 0 radical (unpaired) electrons. The summed E-state index contributed by atoms with van der Waals surface area (Å²) in [4.78, 5) is 16.4. The molecule has 0 amide bonds. The summed E-state index contributed by atoms with van der Waals surface area (Å²) in [6.45, 7) is 6.97. The van der Waals surface area contributed by atoms with Crippen LogP contribution in [0.1, 0.15) is 48.9 Å². The van der Waals surface area contributed by atoms with Crippen molar-refractivity contribution in [3.8, 4) is 11.3 Å². The number of aryl methyl sites for hydroxylation is 2. The summed E-state index contributed by atoms with van der Waals surface area (Å²) in [5.74, 6) is -0.665. The highest BCUT2D eigenvalue weighted by molar-refractivity contribution is 5.91. The van der Waals surface area contributed by atoms with Gasteiger partial charge in [-0.05, 0) is 45.7 Å². The van der Waals surface area contributed by atoms with E-state index in [2.05, 4.69) is 21.2 Å². The largest absolute Gasteiger partial charge is 0.367 e. The molecule has 4 heterocycles. The van der Waals surface area contributed by atoms with Gasteiger partial charge in [-0.2, -0.15) is 5.10 Å². The molecule has 0 N–H and O–H groups in total.